The summed E-state index contributed by atoms with van der Waals surface area (Å²) in [5, 5.41) is 3.28. The van der Waals surface area contributed by atoms with Gasteiger partial charge in [0.15, 0.2) is 0 Å². The van der Waals surface area contributed by atoms with Crippen LogP contribution in [0.4, 0.5) is 11.8 Å². The van der Waals surface area contributed by atoms with Gasteiger partial charge in [-0.25, -0.2) is 10.8 Å². The molecule has 1 aromatic rings. The summed E-state index contributed by atoms with van der Waals surface area (Å²) >= 11 is 0. The van der Waals surface area contributed by atoms with E-state index in [2.05, 4.69) is 27.6 Å². The molecule has 0 bridgehead atoms. The molecule has 0 aliphatic carbocycles. The molecule has 0 atom stereocenters. The minimum Gasteiger partial charge on any atom is -0.370 e. The van der Waals surface area contributed by atoms with Crippen molar-refractivity contribution in [3.8, 4) is 0 Å². The lowest BCUT2D eigenvalue weighted by atomic mass is 10.2. The summed E-state index contributed by atoms with van der Waals surface area (Å²) < 4.78 is 0. The molecule has 0 aliphatic heterocycles. The molecule has 0 saturated heterocycles. The van der Waals surface area contributed by atoms with Gasteiger partial charge in [0.2, 0.25) is 5.95 Å². The van der Waals surface area contributed by atoms with Gasteiger partial charge in [0.05, 0.1) is 0 Å². The second kappa shape index (κ2) is 6.19. The number of unbranched alkanes of at least 4 members (excludes halogenated alkanes) is 2. The minimum absolute atomic E-state index is 0.443. The highest BCUT2D eigenvalue weighted by Crippen LogP contribution is 2.11. The summed E-state index contributed by atoms with van der Waals surface area (Å²) in [7, 11) is 0. The predicted octanol–water partition coefficient (Wildman–Crippen LogP) is 1.67. The highest BCUT2D eigenvalue weighted by Gasteiger charge is 2.01. The number of aromatic nitrogens is 2. The molecule has 0 radical (unpaired) electrons. The van der Waals surface area contributed by atoms with Crippen LogP contribution in [0, 0.1) is 6.92 Å². The van der Waals surface area contributed by atoms with Crippen LogP contribution in [-0.4, -0.2) is 16.5 Å². The van der Waals surface area contributed by atoms with Gasteiger partial charge in [-0.2, -0.15) is 4.98 Å². The van der Waals surface area contributed by atoms with Gasteiger partial charge in [0.25, 0.3) is 0 Å². The Labute approximate surface area is 90.5 Å². The van der Waals surface area contributed by atoms with Gasteiger partial charge in [0.1, 0.15) is 5.82 Å². The zero-order chi connectivity index (χ0) is 11.1. The molecule has 5 heteroatoms. The molecule has 0 amide bonds. The molecule has 4 N–H and O–H groups in total. The Morgan fingerprint density at radius 2 is 2.20 bits per heavy atom. The van der Waals surface area contributed by atoms with Crippen LogP contribution >= 0.6 is 0 Å². The number of aryl methyl sites for hydroxylation is 1. The van der Waals surface area contributed by atoms with E-state index in [1.165, 1.54) is 12.8 Å². The fourth-order valence-electron chi connectivity index (χ4n) is 1.27. The summed E-state index contributed by atoms with van der Waals surface area (Å²) in [5.41, 5.74) is 3.47. The highest BCUT2D eigenvalue weighted by atomic mass is 15.3. The van der Waals surface area contributed by atoms with E-state index >= 15 is 0 Å². The van der Waals surface area contributed by atoms with Crippen LogP contribution in [-0.2, 0) is 0 Å². The van der Waals surface area contributed by atoms with Crippen molar-refractivity contribution in [2.24, 2.45) is 5.84 Å². The van der Waals surface area contributed by atoms with E-state index in [4.69, 9.17) is 5.84 Å². The Hall–Kier alpha value is -1.36. The lowest BCUT2D eigenvalue weighted by Gasteiger charge is -2.08. The zero-order valence-electron chi connectivity index (χ0n) is 9.38. The molecule has 0 fully saturated rings. The van der Waals surface area contributed by atoms with Crippen LogP contribution in [0.25, 0.3) is 0 Å². The second-order valence-electron chi connectivity index (χ2n) is 3.50. The largest absolute Gasteiger partial charge is 0.370 e. The first-order valence-electron chi connectivity index (χ1n) is 5.32. The van der Waals surface area contributed by atoms with Crippen LogP contribution in [0.3, 0.4) is 0 Å². The van der Waals surface area contributed by atoms with Crippen molar-refractivity contribution in [3.63, 3.8) is 0 Å². The summed E-state index contributed by atoms with van der Waals surface area (Å²) in [5.74, 6) is 6.54. The van der Waals surface area contributed by atoms with Crippen LogP contribution in [0.2, 0.25) is 0 Å². The maximum absolute atomic E-state index is 5.24. The first kappa shape index (κ1) is 11.7. The Morgan fingerprint density at radius 3 is 2.87 bits per heavy atom. The van der Waals surface area contributed by atoms with Crippen molar-refractivity contribution in [2.75, 3.05) is 17.3 Å². The van der Waals surface area contributed by atoms with Crippen LogP contribution in [0.1, 0.15) is 31.7 Å². The maximum atomic E-state index is 5.24. The predicted molar refractivity (Wildman–Crippen MR) is 62.6 cm³/mol. The molecule has 0 saturated carbocycles. The number of nitrogens with one attached hydrogen (secondary N) is 2. The molecule has 84 valence electrons. The number of nitrogens with two attached hydrogens (primary N) is 1. The third kappa shape index (κ3) is 3.71. The smallest absolute Gasteiger partial charge is 0.239 e. The Balaban J connectivity index is 2.51. The van der Waals surface area contributed by atoms with Crippen molar-refractivity contribution in [3.05, 3.63) is 11.8 Å². The lowest BCUT2D eigenvalue weighted by Crippen LogP contribution is -2.13. The van der Waals surface area contributed by atoms with Gasteiger partial charge in [-0.3, -0.25) is 5.43 Å². The molecular formula is C10H19N5. The van der Waals surface area contributed by atoms with E-state index in [-0.39, 0.29) is 0 Å². The number of anilines is 2. The Kier molecular flexibility index (Phi) is 4.83. The summed E-state index contributed by atoms with van der Waals surface area (Å²) in [4.78, 5) is 8.24. The van der Waals surface area contributed by atoms with E-state index < -0.39 is 0 Å². The van der Waals surface area contributed by atoms with Crippen molar-refractivity contribution in [1.29, 1.82) is 0 Å². The number of hydrogen-bond donors (Lipinski definition) is 3. The summed E-state index contributed by atoms with van der Waals surface area (Å²) in [6, 6.07) is 0. The van der Waals surface area contributed by atoms with Gasteiger partial charge < -0.3 is 5.32 Å². The SMILES string of the molecule is CCCCCNc1nc(NN)ncc1C. The zero-order valence-corrected chi connectivity index (χ0v) is 9.38. The van der Waals surface area contributed by atoms with Gasteiger partial charge in [-0.15, -0.1) is 0 Å². The maximum Gasteiger partial charge on any atom is 0.239 e. The van der Waals surface area contributed by atoms with Gasteiger partial charge in [0, 0.05) is 18.3 Å². The van der Waals surface area contributed by atoms with Crippen molar-refractivity contribution >= 4 is 11.8 Å². The second-order valence-corrected chi connectivity index (χ2v) is 3.50. The van der Waals surface area contributed by atoms with Crippen LogP contribution in [0.5, 0.6) is 0 Å². The van der Waals surface area contributed by atoms with E-state index in [0.29, 0.717) is 5.95 Å². The Morgan fingerprint density at radius 1 is 1.40 bits per heavy atom. The van der Waals surface area contributed by atoms with Gasteiger partial charge in [-0.1, -0.05) is 19.8 Å². The van der Waals surface area contributed by atoms with Crippen LogP contribution in [0.15, 0.2) is 6.20 Å². The third-order valence-corrected chi connectivity index (χ3v) is 2.17. The van der Waals surface area contributed by atoms with E-state index in [0.717, 1.165) is 24.3 Å². The number of nitrogens with zero attached hydrogens (tertiary/aromatic N) is 2. The van der Waals surface area contributed by atoms with Crippen molar-refractivity contribution in [1.82, 2.24) is 9.97 Å². The number of rotatable bonds is 6. The molecule has 1 heterocycles. The van der Waals surface area contributed by atoms with Gasteiger partial charge >= 0.3 is 0 Å². The van der Waals surface area contributed by atoms with E-state index in [1.807, 2.05) is 6.92 Å². The van der Waals surface area contributed by atoms with E-state index in [9.17, 15) is 0 Å². The Bertz CT molecular complexity index is 300. The molecular weight excluding hydrogens is 190 g/mol. The minimum atomic E-state index is 0.443. The standard InChI is InChI=1S/C10H19N5/c1-3-4-5-6-12-9-8(2)7-13-10(14-9)15-11/h7H,3-6,11H2,1-2H3,(H2,12,13,14,15). The van der Waals surface area contributed by atoms with Crippen LogP contribution < -0.4 is 16.6 Å². The monoisotopic (exact) mass is 209 g/mol. The molecule has 0 spiro atoms. The topological polar surface area (TPSA) is 75.9 Å². The quantitative estimate of drug-likeness (QED) is 0.377. The molecule has 0 aromatic carbocycles. The molecule has 1 aromatic heterocycles. The molecule has 0 unspecified atom stereocenters. The fraction of sp³-hybridized carbons (Fsp3) is 0.600. The molecule has 1 rings (SSSR count). The average Bonchev–Trinajstić information content (AvgIpc) is 2.26. The molecule has 5 nitrogen and oxygen atoms in total. The number of hydrazine groups is 1. The number of nitrogen functional groups attached to an aromatic ring is 1. The summed E-state index contributed by atoms with van der Waals surface area (Å²) in [6.45, 7) is 5.10. The van der Waals surface area contributed by atoms with Crippen molar-refractivity contribution < 1.29 is 0 Å². The first-order chi connectivity index (χ1) is 7.27. The molecule has 15 heavy (non-hydrogen) atoms. The van der Waals surface area contributed by atoms with E-state index in [1.54, 1.807) is 6.20 Å². The summed E-state index contributed by atoms with van der Waals surface area (Å²) in [6.07, 6.45) is 5.37. The highest BCUT2D eigenvalue weighted by molar-refractivity contribution is 5.45. The van der Waals surface area contributed by atoms with Gasteiger partial charge in [-0.05, 0) is 13.3 Å². The first-order valence-corrected chi connectivity index (χ1v) is 5.32. The third-order valence-electron chi connectivity index (χ3n) is 2.17. The number of hydrogen-bond acceptors (Lipinski definition) is 5. The molecule has 0 aliphatic rings. The van der Waals surface area contributed by atoms with Crippen molar-refractivity contribution in [2.45, 2.75) is 33.1 Å². The average molecular weight is 209 g/mol. The lowest BCUT2D eigenvalue weighted by molar-refractivity contribution is 0.742. The normalized spacial score (nSPS) is 10.1. The fourth-order valence-corrected chi connectivity index (χ4v) is 1.27.